The van der Waals surface area contributed by atoms with E-state index in [2.05, 4.69) is 0 Å². The molecule has 0 saturated carbocycles. The number of nitrogens with zero attached hydrogens (tertiary/aromatic N) is 2. The molecule has 0 N–H and O–H groups in total. The summed E-state index contributed by atoms with van der Waals surface area (Å²) in [7, 11) is 1.26. The number of amides is 1. The van der Waals surface area contributed by atoms with E-state index in [-0.39, 0.29) is 29.8 Å². The average molecular weight is 555 g/mol. The minimum atomic E-state index is -0.555. The Morgan fingerprint density at radius 2 is 1.82 bits per heavy atom. The topological polar surface area (TPSA) is 68.3 Å². The van der Waals surface area contributed by atoms with Crippen LogP contribution in [0.5, 0.6) is 11.5 Å². The number of esters is 1. The van der Waals surface area contributed by atoms with Crippen molar-refractivity contribution in [2.24, 2.45) is 0 Å². The number of carbonyl (C=O) groups excluding carboxylic acids is 2. The minimum absolute atomic E-state index is 0.133. The maximum Gasteiger partial charge on any atom is 0.325 e. The number of thiocarbonyl (C=S) groups is 1. The summed E-state index contributed by atoms with van der Waals surface area (Å²) in [6.07, 6.45) is 1.62. The molecule has 0 aliphatic carbocycles. The molecule has 3 aromatic rings. The summed E-state index contributed by atoms with van der Waals surface area (Å²) in [6.45, 7) is 2.11. The molecule has 0 bridgehead atoms. The van der Waals surface area contributed by atoms with Gasteiger partial charge >= 0.3 is 5.97 Å². The minimum Gasteiger partial charge on any atom is -0.490 e. The van der Waals surface area contributed by atoms with Gasteiger partial charge in [0.2, 0.25) is 0 Å². The Kier molecular flexibility index (Phi) is 8.60. The third-order valence-corrected chi connectivity index (χ3v) is 6.24. The van der Waals surface area contributed by atoms with Crippen LogP contribution >= 0.6 is 23.8 Å². The molecule has 10 heteroatoms. The van der Waals surface area contributed by atoms with Crippen molar-refractivity contribution in [1.82, 2.24) is 4.90 Å². The monoisotopic (exact) mass is 554 g/mol. The fourth-order valence-corrected chi connectivity index (χ4v) is 4.27. The smallest absolute Gasteiger partial charge is 0.325 e. The van der Waals surface area contributed by atoms with Gasteiger partial charge in [-0.3, -0.25) is 14.5 Å². The third kappa shape index (κ3) is 6.12. The molecular weight excluding hydrogens is 531 g/mol. The summed E-state index contributed by atoms with van der Waals surface area (Å²) in [6, 6.07) is 17.9. The second kappa shape index (κ2) is 12.1. The maximum atomic E-state index is 13.5. The molecule has 1 aliphatic rings. The van der Waals surface area contributed by atoms with Gasteiger partial charge in [-0.05, 0) is 84.9 Å². The summed E-state index contributed by atoms with van der Waals surface area (Å²) in [5.74, 6) is -0.409. The number of halogens is 2. The van der Waals surface area contributed by atoms with E-state index < -0.39 is 11.9 Å². The largest absolute Gasteiger partial charge is 0.490 e. The fourth-order valence-electron chi connectivity index (χ4n) is 3.79. The lowest BCUT2D eigenvalue weighted by Crippen LogP contribution is -2.35. The number of hydrogen-bond donors (Lipinski definition) is 0. The molecule has 0 atom stereocenters. The second-order valence-corrected chi connectivity index (χ2v) is 8.95. The highest BCUT2D eigenvalue weighted by Gasteiger charge is 2.40. The molecule has 1 saturated heterocycles. The van der Waals surface area contributed by atoms with Gasteiger partial charge in [-0.1, -0.05) is 29.8 Å². The predicted molar refractivity (Wildman–Crippen MR) is 147 cm³/mol. The highest BCUT2D eigenvalue weighted by atomic mass is 35.5. The van der Waals surface area contributed by atoms with E-state index in [9.17, 15) is 14.0 Å². The summed E-state index contributed by atoms with van der Waals surface area (Å²) < 4.78 is 30.0. The SMILES string of the molecule is CCOc1cc(/C=C2/C(=O)N(c3ccc(Cl)cc3)C(=S)N2CC(=O)OC)ccc1OCc1cccc(F)c1. The first kappa shape index (κ1) is 27.1. The lowest BCUT2D eigenvalue weighted by Gasteiger charge is -2.19. The van der Waals surface area contributed by atoms with Crippen LogP contribution < -0.4 is 14.4 Å². The third-order valence-electron chi connectivity index (χ3n) is 5.59. The van der Waals surface area contributed by atoms with Crippen molar-refractivity contribution in [3.63, 3.8) is 0 Å². The van der Waals surface area contributed by atoms with Crippen LogP contribution in [0.2, 0.25) is 5.02 Å². The Morgan fingerprint density at radius 1 is 1.05 bits per heavy atom. The standard InChI is InChI=1S/C28H24ClFN2O5S/c1-3-36-25-15-18(7-12-24(25)37-17-19-5-4-6-21(30)13-19)14-23-27(34)32(22-10-8-20(29)9-11-22)28(38)31(23)16-26(33)35-2/h4-15H,3,16-17H2,1-2H3/b23-14-. The molecule has 1 heterocycles. The Labute approximate surface area is 230 Å². The number of rotatable bonds is 9. The molecule has 0 radical (unpaired) electrons. The molecule has 1 fully saturated rings. The zero-order valence-electron chi connectivity index (χ0n) is 20.6. The maximum absolute atomic E-state index is 13.5. The summed E-state index contributed by atoms with van der Waals surface area (Å²) >= 11 is 11.6. The van der Waals surface area contributed by atoms with Gasteiger partial charge in [0.15, 0.2) is 16.6 Å². The number of methoxy groups -OCH3 is 1. The van der Waals surface area contributed by atoms with Crippen LogP contribution in [0.25, 0.3) is 6.08 Å². The highest BCUT2D eigenvalue weighted by molar-refractivity contribution is 7.80. The van der Waals surface area contributed by atoms with Gasteiger partial charge in [0.05, 0.1) is 19.4 Å². The number of hydrogen-bond acceptors (Lipinski definition) is 6. The van der Waals surface area contributed by atoms with E-state index in [0.29, 0.717) is 39.9 Å². The van der Waals surface area contributed by atoms with Crippen LogP contribution in [-0.4, -0.2) is 42.2 Å². The molecule has 4 rings (SSSR count). The first-order chi connectivity index (χ1) is 18.3. The quantitative estimate of drug-likeness (QED) is 0.194. The van der Waals surface area contributed by atoms with Crippen molar-refractivity contribution in [3.8, 4) is 11.5 Å². The van der Waals surface area contributed by atoms with Gasteiger partial charge in [0.25, 0.3) is 5.91 Å². The van der Waals surface area contributed by atoms with Crippen molar-refractivity contribution in [1.29, 1.82) is 0 Å². The van der Waals surface area contributed by atoms with Crippen LogP contribution in [0.3, 0.4) is 0 Å². The van der Waals surface area contributed by atoms with Crippen LogP contribution in [0.4, 0.5) is 10.1 Å². The second-order valence-electron chi connectivity index (χ2n) is 8.15. The number of ether oxygens (including phenoxy) is 3. The summed E-state index contributed by atoms with van der Waals surface area (Å²) in [4.78, 5) is 28.4. The molecule has 1 amide bonds. The first-order valence-electron chi connectivity index (χ1n) is 11.6. The zero-order valence-corrected chi connectivity index (χ0v) is 22.2. The van der Waals surface area contributed by atoms with E-state index in [1.165, 1.54) is 29.0 Å². The van der Waals surface area contributed by atoms with E-state index in [4.69, 9.17) is 38.0 Å². The Morgan fingerprint density at radius 3 is 2.50 bits per heavy atom. The predicted octanol–water partition coefficient (Wildman–Crippen LogP) is 5.60. The fraction of sp³-hybridized carbons (Fsp3) is 0.179. The molecule has 3 aromatic carbocycles. The van der Waals surface area contributed by atoms with E-state index in [1.54, 1.807) is 60.7 Å². The molecule has 0 aromatic heterocycles. The number of anilines is 1. The summed E-state index contributed by atoms with van der Waals surface area (Å²) in [5.41, 5.74) is 1.99. The number of benzene rings is 3. The highest BCUT2D eigenvalue weighted by Crippen LogP contribution is 2.33. The molecule has 7 nitrogen and oxygen atoms in total. The lowest BCUT2D eigenvalue weighted by molar-refractivity contribution is -0.140. The van der Waals surface area contributed by atoms with Crippen molar-refractivity contribution in [3.05, 3.63) is 94.4 Å². The van der Waals surface area contributed by atoms with Gasteiger partial charge < -0.3 is 19.1 Å². The first-order valence-corrected chi connectivity index (χ1v) is 12.4. The van der Waals surface area contributed by atoms with Crippen LogP contribution in [0.15, 0.2) is 72.4 Å². The molecule has 38 heavy (non-hydrogen) atoms. The molecular formula is C28H24ClFN2O5S. The van der Waals surface area contributed by atoms with E-state index in [0.717, 1.165) is 0 Å². The van der Waals surface area contributed by atoms with Gasteiger partial charge in [-0.25, -0.2) is 4.39 Å². The molecule has 196 valence electrons. The van der Waals surface area contributed by atoms with Crippen molar-refractivity contribution in [2.75, 3.05) is 25.2 Å². The Bertz CT molecular complexity index is 1400. The van der Waals surface area contributed by atoms with Gasteiger partial charge in [-0.2, -0.15) is 0 Å². The molecule has 1 aliphatic heterocycles. The summed E-state index contributed by atoms with van der Waals surface area (Å²) in [5, 5.41) is 0.644. The van der Waals surface area contributed by atoms with E-state index >= 15 is 0 Å². The van der Waals surface area contributed by atoms with Crippen molar-refractivity contribution in [2.45, 2.75) is 13.5 Å². The van der Waals surface area contributed by atoms with Crippen molar-refractivity contribution < 1.29 is 28.2 Å². The van der Waals surface area contributed by atoms with Crippen LogP contribution in [0.1, 0.15) is 18.1 Å². The number of carbonyl (C=O) groups is 2. The normalized spacial score (nSPS) is 14.3. The average Bonchev–Trinajstić information content (AvgIpc) is 3.12. The van der Waals surface area contributed by atoms with Gasteiger partial charge in [-0.15, -0.1) is 0 Å². The van der Waals surface area contributed by atoms with Crippen LogP contribution in [0, 0.1) is 5.82 Å². The van der Waals surface area contributed by atoms with Gasteiger partial charge in [0.1, 0.15) is 24.7 Å². The van der Waals surface area contributed by atoms with Gasteiger partial charge in [0, 0.05) is 5.02 Å². The van der Waals surface area contributed by atoms with Crippen molar-refractivity contribution >= 4 is 52.6 Å². The van der Waals surface area contributed by atoms with E-state index in [1.807, 2.05) is 6.92 Å². The zero-order chi connectivity index (χ0) is 27.2. The van der Waals surface area contributed by atoms with Crippen LogP contribution in [-0.2, 0) is 20.9 Å². The Hall–Kier alpha value is -3.95. The molecule has 0 unspecified atom stereocenters. The molecule has 0 spiro atoms. The Balaban J connectivity index is 1.66. The lowest BCUT2D eigenvalue weighted by atomic mass is 10.1.